The number of carboxylic acid groups (broad SMARTS) is 1. The maximum atomic E-state index is 12.9. The van der Waals surface area contributed by atoms with Crippen LogP contribution >= 0.6 is 0 Å². The molecule has 1 aromatic heterocycles. The van der Waals surface area contributed by atoms with Crippen LogP contribution in [0.3, 0.4) is 0 Å². The first kappa shape index (κ1) is 13.1. The SMILES string of the molecule is O=C(O)c1ccc(-n2cc(-c3ccc(F)cc3)cn2)cc1. The molecule has 5 heteroatoms. The first-order valence-electron chi connectivity index (χ1n) is 6.28. The van der Waals surface area contributed by atoms with Gasteiger partial charge in [0.25, 0.3) is 0 Å². The highest BCUT2D eigenvalue weighted by Gasteiger charge is 2.06. The Hall–Kier alpha value is -2.95. The molecule has 0 saturated heterocycles. The van der Waals surface area contributed by atoms with Crippen LogP contribution in [0.4, 0.5) is 4.39 Å². The summed E-state index contributed by atoms with van der Waals surface area (Å²) in [5, 5.41) is 13.1. The van der Waals surface area contributed by atoms with Gasteiger partial charge in [-0.15, -0.1) is 0 Å². The van der Waals surface area contributed by atoms with Crippen LogP contribution in [-0.2, 0) is 0 Å². The second kappa shape index (κ2) is 5.20. The van der Waals surface area contributed by atoms with E-state index in [4.69, 9.17) is 5.11 Å². The summed E-state index contributed by atoms with van der Waals surface area (Å²) in [5.74, 6) is -1.25. The summed E-state index contributed by atoms with van der Waals surface area (Å²) < 4.78 is 14.6. The molecule has 0 aliphatic rings. The van der Waals surface area contributed by atoms with Crippen LogP contribution in [0.2, 0.25) is 0 Å². The number of hydrogen-bond donors (Lipinski definition) is 1. The summed E-state index contributed by atoms with van der Waals surface area (Å²) >= 11 is 0. The van der Waals surface area contributed by atoms with Gasteiger partial charge in [-0.2, -0.15) is 5.10 Å². The molecule has 0 amide bonds. The van der Waals surface area contributed by atoms with Gasteiger partial charge in [-0.05, 0) is 42.0 Å². The molecule has 1 heterocycles. The van der Waals surface area contributed by atoms with E-state index in [2.05, 4.69) is 5.10 Å². The Balaban J connectivity index is 1.90. The number of aromatic carboxylic acids is 1. The van der Waals surface area contributed by atoms with Crippen molar-refractivity contribution < 1.29 is 14.3 Å². The molecule has 0 aliphatic heterocycles. The number of nitrogens with zero attached hydrogens (tertiary/aromatic N) is 2. The van der Waals surface area contributed by atoms with Crippen molar-refractivity contribution in [2.75, 3.05) is 0 Å². The Labute approximate surface area is 120 Å². The maximum absolute atomic E-state index is 12.9. The number of hydrogen-bond acceptors (Lipinski definition) is 2. The molecule has 3 rings (SSSR count). The lowest BCUT2D eigenvalue weighted by molar-refractivity contribution is 0.0697. The zero-order chi connectivity index (χ0) is 14.8. The fourth-order valence-electron chi connectivity index (χ4n) is 2.01. The van der Waals surface area contributed by atoms with E-state index in [-0.39, 0.29) is 11.4 Å². The summed E-state index contributed by atoms with van der Waals surface area (Å²) in [5.41, 5.74) is 2.71. The molecule has 0 fully saturated rings. The monoisotopic (exact) mass is 282 g/mol. The fourth-order valence-corrected chi connectivity index (χ4v) is 2.01. The normalized spacial score (nSPS) is 10.5. The lowest BCUT2D eigenvalue weighted by Gasteiger charge is -2.01. The third-order valence-electron chi connectivity index (χ3n) is 3.14. The van der Waals surface area contributed by atoms with Gasteiger partial charge in [0.15, 0.2) is 0 Å². The fraction of sp³-hybridized carbons (Fsp3) is 0. The van der Waals surface area contributed by atoms with Crippen LogP contribution in [0.25, 0.3) is 16.8 Å². The second-order valence-electron chi connectivity index (χ2n) is 4.53. The molecule has 0 aliphatic carbocycles. The minimum Gasteiger partial charge on any atom is -0.478 e. The van der Waals surface area contributed by atoms with E-state index >= 15 is 0 Å². The van der Waals surface area contributed by atoms with Crippen LogP contribution in [-0.4, -0.2) is 20.9 Å². The van der Waals surface area contributed by atoms with Gasteiger partial charge in [0.05, 0.1) is 17.4 Å². The molecule has 1 N–H and O–H groups in total. The first-order chi connectivity index (χ1) is 10.1. The summed E-state index contributed by atoms with van der Waals surface area (Å²) in [4.78, 5) is 10.8. The number of benzene rings is 2. The Morgan fingerprint density at radius 2 is 1.67 bits per heavy atom. The molecule has 0 radical (unpaired) electrons. The molecule has 104 valence electrons. The summed E-state index contributed by atoms with van der Waals surface area (Å²) in [6.45, 7) is 0. The van der Waals surface area contributed by atoms with Crippen molar-refractivity contribution in [3.63, 3.8) is 0 Å². The largest absolute Gasteiger partial charge is 0.478 e. The molecule has 4 nitrogen and oxygen atoms in total. The molecule has 0 unspecified atom stereocenters. The lowest BCUT2D eigenvalue weighted by atomic mass is 10.1. The minimum atomic E-state index is -0.964. The van der Waals surface area contributed by atoms with Gasteiger partial charge in [0, 0.05) is 11.8 Å². The van der Waals surface area contributed by atoms with Gasteiger partial charge in [-0.3, -0.25) is 0 Å². The van der Waals surface area contributed by atoms with E-state index in [9.17, 15) is 9.18 Å². The van der Waals surface area contributed by atoms with Crippen LogP contribution in [0.1, 0.15) is 10.4 Å². The Morgan fingerprint density at radius 3 is 2.29 bits per heavy atom. The average Bonchev–Trinajstić information content (AvgIpc) is 2.98. The van der Waals surface area contributed by atoms with E-state index in [0.29, 0.717) is 0 Å². The zero-order valence-corrected chi connectivity index (χ0v) is 10.9. The lowest BCUT2D eigenvalue weighted by Crippen LogP contribution is -1.98. The maximum Gasteiger partial charge on any atom is 0.335 e. The summed E-state index contributed by atoms with van der Waals surface area (Å²) in [7, 11) is 0. The van der Waals surface area contributed by atoms with Gasteiger partial charge in [-0.25, -0.2) is 13.9 Å². The molecule has 3 aromatic rings. The second-order valence-corrected chi connectivity index (χ2v) is 4.53. The first-order valence-corrected chi connectivity index (χ1v) is 6.28. The summed E-state index contributed by atoms with van der Waals surface area (Å²) in [6.07, 6.45) is 3.49. The predicted molar refractivity (Wildman–Crippen MR) is 75.9 cm³/mol. The molecule has 21 heavy (non-hydrogen) atoms. The topological polar surface area (TPSA) is 55.1 Å². The molecular formula is C16H11FN2O2. The van der Waals surface area contributed by atoms with Gasteiger partial charge >= 0.3 is 5.97 Å². The summed E-state index contributed by atoms with van der Waals surface area (Å²) in [6, 6.07) is 12.6. The Bertz CT molecular complexity index is 777. The smallest absolute Gasteiger partial charge is 0.335 e. The van der Waals surface area contributed by atoms with Crippen LogP contribution in [0.15, 0.2) is 60.9 Å². The average molecular weight is 282 g/mol. The quantitative estimate of drug-likeness (QED) is 0.801. The molecule has 0 atom stereocenters. The van der Waals surface area contributed by atoms with E-state index < -0.39 is 5.97 Å². The van der Waals surface area contributed by atoms with E-state index in [1.807, 2.05) is 6.20 Å². The van der Waals surface area contributed by atoms with E-state index in [1.165, 1.54) is 24.3 Å². The standard InChI is InChI=1S/C16H11FN2O2/c17-14-5-1-11(2-6-14)13-9-18-19(10-13)15-7-3-12(4-8-15)16(20)21/h1-10H,(H,20,21). The highest BCUT2D eigenvalue weighted by atomic mass is 19.1. The molecule has 0 spiro atoms. The number of carbonyl (C=O) groups is 1. The van der Waals surface area contributed by atoms with Crippen molar-refractivity contribution >= 4 is 5.97 Å². The van der Waals surface area contributed by atoms with Crippen molar-refractivity contribution in [1.82, 2.24) is 9.78 Å². The number of aromatic nitrogens is 2. The van der Waals surface area contributed by atoms with Gasteiger partial charge in [-0.1, -0.05) is 12.1 Å². The van der Waals surface area contributed by atoms with Gasteiger partial charge in [0.2, 0.25) is 0 Å². The highest BCUT2D eigenvalue weighted by molar-refractivity contribution is 5.87. The molecule has 2 aromatic carbocycles. The van der Waals surface area contributed by atoms with Crippen LogP contribution in [0.5, 0.6) is 0 Å². The van der Waals surface area contributed by atoms with Crippen molar-refractivity contribution in [3.05, 3.63) is 72.3 Å². The van der Waals surface area contributed by atoms with Crippen LogP contribution in [0, 0.1) is 5.82 Å². The zero-order valence-electron chi connectivity index (χ0n) is 10.9. The van der Waals surface area contributed by atoms with Crippen molar-refractivity contribution in [1.29, 1.82) is 0 Å². The third kappa shape index (κ3) is 2.67. The third-order valence-corrected chi connectivity index (χ3v) is 3.14. The molecular weight excluding hydrogens is 271 g/mol. The highest BCUT2D eigenvalue weighted by Crippen LogP contribution is 2.20. The van der Waals surface area contributed by atoms with Crippen LogP contribution < -0.4 is 0 Å². The number of rotatable bonds is 3. The minimum absolute atomic E-state index is 0.227. The van der Waals surface area contributed by atoms with Gasteiger partial charge < -0.3 is 5.11 Å². The number of halogens is 1. The van der Waals surface area contributed by atoms with E-state index in [0.717, 1.165) is 16.8 Å². The van der Waals surface area contributed by atoms with Crippen molar-refractivity contribution in [3.8, 4) is 16.8 Å². The Morgan fingerprint density at radius 1 is 1.00 bits per heavy atom. The Kier molecular flexibility index (Phi) is 3.23. The van der Waals surface area contributed by atoms with Gasteiger partial charge in [0.1, 0.15) is 5.82 Å². The van der Waals surface area contributed by atoms with Crippen molar-refractivity contribution in [2.45, 2.75) is 0 Å². The molecule has 0 bridgehead atoms. The van der Waals surface area contributed by atoms with E-state index in [1.54, 1.807) is 35.1 Å². The predicted octanol–water partition coefficient (Wildman–Crippen LogP) is 3.38. The molecule has 0 saturated carbocycles. The number of carboxylic acids is 1. The van der Waals surface area contributed by atoms with Crippen molar-refractivity contribution in [2.24, 2.45) is 0 Å².